The Morgan fingerprint density at radius 2 is 2.03 bits per heavy atom. The number of benzene rings is 2. The second-order valence-corrected chi connectivity index (χ2v) is 7.33. The van der Waals surface area contributed by atoms with Crippen molar-refractivity contribution in [3.63, 3.8) is 0 Å². The lowest BCUT2D eigenvalue weighted by atomic mass is 10.0. The molecule has 0 radical (unpaired) electrons. The minimum Gasteiger partial charge on any atom is -0.388 e. The average molecular weight is 406 g/mol. The lowest BCUT2D eigenvalue weighted by Crippen LogP contribution is -2.27. The third-order valence-corrected chi connectivity index (χ3v) is 5.16. The Bertz CT molecular complexity index is 1210. The van der Waals surface area contributed by atoms with E-state index in [1.54, 1.807) is 24.1 Å². The number of amides is 1. The molecule has 0 aliphatic rings. The van der Waals surface area contributed by atoms with E-state index < -0.39 is 0 Å². The van der Waals surface area contributed by atoms with Crippen LogP contribution < -0.4 is 5.32 Å². The number of hydrogen-bond acceptors (Lipinski definition) is 4. The van der Waals surface area contributed by atoms with E-state index in [2.05, 4.69) is 15.5 Å². The van der Waals surface area contributed by atoms with Crippen molar-refractivity contribution < 1.29 is 13.7 Å². The topological polar surface area (TPSA) is 74.2 Å². The molecule has 30 heavy (non-hydrogen) atoms. The van der Waals surface area contributed by atoms with Crippen molar-refractivity contribution in [3.05, 3.63) is 71.4 Å². The number of H-pyrrole nitrogens is 1. The fourth-order valence-electron chi connectivity index (χ4n) is 3.65. The minimum atomic E-state index is -0.339. The van der Waals surface area contributed by atoms with Gasteiger partial charge in [-0.05, 0) is 36.8 Å². The molecule has 0 saturated heterocycles. The maximum Gasteiger partial charge on any atom is 0.227 e. The molecule has 0 fully saturated rings. The van der Waals surface area contributed by atoms with Crippen LogP contribution in [0.5, 0.6) is 0 Å². The molecule has 0 aliphatic heterocycles. The number of hydrogen-bond donors (Lipinski definition) is 2. The number of rotatable bonds is 6. The lowest BCUT2D eigenvalue weighted by molar-refractivity contribution is -0.129. The second kappa shape index (κ2) is 8.02. The van der Waals surface area contributed by atoms with Crippen LogP contribution in [0.2, 0.25) is 0 Å². The zero-order chi connectivity index (χ0) is 21.3. The Balaban J connectivity index is 1.73. The van der Waals surface area contributed by atoms with Crippen LogP contribution in [-0.2, 0) is 17.8 Å². The highest BCUT2D eigenvalue weighted by atomic mass is 19.1. The van der Waals surface area contributed by atoms with Crippen LogP contribution in [0.3, 0.4) is 0 Å². The van der Waals surface area contributed by atoms with E-state index in [9.17, 15) is 9.18 Å². The third kappa shape index (κ3) is 3.78. The van der Waals surface area contributed by atoms with Gasteiger partial charge in [-0.1, -0.05) is 23.4 Å². The van der Waals surface area contributed by atoms with Gasteiger partial charge in [-0.3, -0.25) is 4.79 Å². The number of aromatic amines is 1. The van der Waals surface area contributed by atoms with Gasteiger partial charge in [-0.15, -0.1) is 0 Å². The molecule has 0 bridgehead atoms. The Kier molecular flexibility index (Phi) is 5.27. The van der Waals surface area contributed by atoms with Crippen LogP contribution >= 0.6 is 0 Å². The summed E-state index contributed by atoms with van der Waals surface area (Å²) in [5, 5.41) is 7.74. The summed E-state index contributed by atoms with van der Waals surface area (Å²) in [5.74, 6) is 0.181. The Morgan fingerprint density at radius 3 is 2.77 bits per heavy atom. The molecule has 4 aromatic rings. The van der Waals surface area contributed by atoms with Crippen molar-refractivity contribution in [2.45, 2.75) is 19.9 Å². The number of nitrogens with zero attached hydrogens (tertiary/aromatic N) is 2. The van der Waals surface area contributed by atoms with E-state index in [0.29, 0.717) is 17.7 Å². The molecular weight excluding hydrogens is 383 g/mol. The monoisotopic (exact) mass is 406 g/mol. The number of fused-ring (bicyclic) bond motifs is 1. The predicted molar refractivity (Wildman–Crippen MR) is 115 cm³/mol. The molecule has 154 valence electrons. The van der Waals surface area contributed by atoms with Gasteiger partial charge in [0.2, 0.25) is 5.91 Å². The molecule has 7 heteroatoms. The van der Waals surface area contributed by atoms with Crippen LogP contribution in [0.25, 0.3) is 22.2 Å². The van der Waals surface area contributed by atoms with Crippen LogP contribution in [0, 0.1) is 12.7 Å². The lowest BCUT2D eigenvalue weighted by Gasteiger charge is -2.16. The standard InChI is InChI=1S/C23H23FN4O2/c1-14-10-16(30-27-14)13-28(3)22(29)12-19-18-11-15(24)8-9-21(18)26-23(19)17-6-4-5-7-20(17)25-2/h4-11,25-26H,12-13H2,1-3H3. The molecule has 4 rings (SSSR count). The summed E-state index contributed by atoms with van der Waals surface area (Å²) in [5.41, 5.74) is 4.96. The van der Waals surface area contributed by atoms with Gasteiger partial charge < -0.3 is 19.7 Å². The van der Waals surface area contributed by atoms with E-state index in [4.69, 9.17) is 4.52 Å². The summed E-state index contributed by atoms with van der Waals surface area (Å²) >= 11 is 0. The van der Waals surface area contributed by atoms with Crippen molar-refractivity contribution in [1.29, 1.82) is 0 Å². The van der Waals surface area contributed by atoms with Gasteiger partial charge in [0.1, 0.15) is 5.82 Å². The number of aryl methyl sites for hydroxylation is 1. The van der Waals surface area contributed by atoms with Crippen molar-refractivity contribution >= 4 is 22.5 Å². The maximum absolute atomic E-state index is 14.0. The fraction of sp³-hybridized carbons (Fsp3) is 0.217. The fourth-order valence-corrected chi connectivity index (χ4v) is 3.65. The molecule has 2 aromatic heterocycles. The first kappa shape index (κ1) is 19.7. The predicted octanol–water partition coefficient (Wildman–Crippen LogP) is 4.51. The van der Waals surface area contributed by atoms with Gasteiger partial charge >= 0.3 is 0 Å². The summed E-state index contributed by atoms with van der Waals surface area (Å²) in [4.78, 5) is 18.0. The van der Waals surface area contributed by atoms with Gasteiger partial charge in [0.25, 0.3) is 0 Å². The Labute approximate surface area is 173 Å². The second-order valence-electron chi connectivity index (χ2n) is 7.33. The van der Waals surface area contributed by atoms with Gasteiger partial charge in [0, 0.05) is 42.3 Å². The molecule has 2 aromatic carbocycles. The Morgan fingerprint density at radius 1 is 1.23 bits per heavy atom. The van der Waals surface area contributed by atoms with E-state index in [-0.39, 0.29) is 18.1 Å². The Hall–Kier alpha value is -3.61. The van der Waals surface area contributed by atoms with Crippen molar-refractivity contribution in [2.75, 3.05) is 19.4 Å². The number of aromatic nitrogens is 2. The number of carbonyl (C=O) groups excluding carboxylic acids is 1. The largest absolute Gasteiger partial charge is 0.388 e. The van der Waals surface area contributed by atoms with E-state index >= 15 is 0 Å². The van der Waals surface area contributed by atoms with Crippen LogP contribution in [0.1, 0.15) is 17.0 Å². The number of para-hydroxylation sites is 1. The number of anilines is 1. The summed E-state index contributed by atoms with van der Waals surface area (Å²) < 4.78 is 19.2. The number of likely N-dealkylation sites (N-methyl/N-ethyl adjacent to an activating group) is 1. The molecule has 6 nitrogen and oxygen atoms in total. The zero-order valence-corrected chi connectivity index (χ0v) is 17.1. The summed E-state index contributed by atoms with van der Waals surface area (Å²) in [6.07, 6.45) is 0.125. The smallest absolute Gasteiger partial charge is 0.227 e. The average Bonchev–Trinajstić information content (AvgIpc) is 3.31. The number of carbonyl (C=O) groups is 1. The summed E-state index contributed by atoms with van der Waals surface area (Å²) in [6, 6.07) is 14.2. The first-order chi connectivity index (χ1) is 14.5. The molecule has 1 amide bonds. The number of nitrogens with one attached hydrogen (secondary N) is 2. The van der Waals surface area contributed by atoms with Gasteiger partial charge in [-0.25, -0.2) is 4.39 Å². The molecular formula is C23H23FN4O2. The third-order valence-electron chi connectivity index (χ3n) is 5.16. The molecule has 2 heterocycles. The van der Waals surface area contributed by atoms with Crippen molar-refractivity contribution in [2.24, 2.45) is 0 Å². The normalized spacial score (nSPS) is 11.1. The molecule has 0 spiro atoms. The quantitative estimate of drug-likeness (QED) is 0.494. The van der Waals surface area contributed by atoms with Gasteiger partial charge in [-0.2, -0.15) is 0 Å². The first-order valence-corrected chi connectivity index (χ1v) is 9.69. The molecule has 0 saturated carbocycles. The maximum atomic E-state index is 14.0. The SMILES string of the molecule is CNc1ccccc1-c1[nH]c2ccc(F)cc2c1CC(=O)N(C)Cc1cc(C)no1. The molecule has 0 aliphatic carbocycles. The van der Waals surface area contributed by atoms with Crippen LogP contribution in [0.15, 0.2) is 53.1 Å². The first-order valence-electron chi connectivity index (χ1n) is 9.69. The summed E-state index contributed by atoms with van der Waals surface area (Å²) in [6.45, 7) is 2.15. The van der Waals surface area contributed by atoms with Crippen molar-refractivity contribution in [1.82, 2.24) is 15.0 Å². The van der Waals surface area contributed by atoms with Crippen molar-refractivity contribution in [3.8, 4) is 11.3 Å². The summed E-state index contributed by atoms with van der Waals surface area (Å²) in [7, 11) is 3.57. The zero-order valence-electron chi connectivity index (χ0n) is 17.1. The number of halogens is 1. The van der Waals surface area contributed by atoms with E-state index in [1.165, 1.54) is 12.1 Å². The molecule has 0 atom stereocenters. The highest BCUT2D eigenvalue weighted by Crippen LogP contribution is 2.35. The molecule has 2 N–H and O–H groups in total. The minimum absolute atomic E-state index is 0.0996. The van der Waals surface area contributed by atoms with Gasteiger partial charge in [0.15, 0.2) is 5.76 Å². The van der Waals surface area contributed by atoms with Crippen LogP contribution in [0.4, 0.5) is 10.1 Å². The highest BCUT2D eigenvalue weighted by Gasteiger charge is 2.21. The van der Waals surface area contributed by atoms with E-state index in [1.807, 2.05) is 38.2 Å². The highest BCUT2D eigenvalue weighted by molar-refractivity contribution is 5.97. The molecule has 0 unspecified atom stereocenters. The van der Waals surface area contributed by atoms with Gasteiger partial charge in [0.05, 0.1) is 24.4 Å². The van der Waals surface area contributed by atoms with Crippen LogP contribution in [-0.4, -0.2) is 35.0 Å². The van der Waals surface area contributed by atoms with E-state index in [0.717, 1.165) is 33.7 Å².